The van der Waals surface area contributed by atoms with Crippen LogP contribution in [0, 0.1) is 12.7 Å². The zero-order valence-electron chi connectivity index (χ0n) is 10.2. The minimum absolute atomic E-state index is 0.0209. The lowest BCUT2D eigenvalue weighted by molar-refractivity contribution is 0.0991. The van der Waals surface area contributed by atoms with Gasteiger partial charge in [-0.25, -0.2) is 4.39 Å². The van der Waals surface area contributed by atoms with Gasteiger partial charge in [0.2, 0.25) is 0 Å². The number of ketones is 1. The van der Waals surface area contributed by atoms with E-state index in [4.69, 9.17) is 23.2 Å². The topological polar surface area (TPSA) is 17.1 Å². The van der Waals surface area contributed by atoms with Gasteiger partial charge in [0, 0.05) is 17.0 Å². The highest BCUT2D eigenvalue weighted by molar-refractivity contribution is 6.31. The third-order valence-corrected chi connectivity index (χ3v) is 3.26. The summed E-state index contributed by atoms with van der Waals surface area (Å²) in [6.07, 6.45) is -0.0355. The summed E-state index contributed by atoms with van der Waals surface area (Å²) in [4.78, 5) is 12.1. The average molecular weight is 297 g/mol. The minimum Gasteiger partial charge on any atom is -0.294 e. The molecule has 0 fully saturated rings. The summed E-state index contributed by atoms with van der Waals surface area (Å²) in [6, 6.07) is 9.70. The first-order valence-corrected chi connectivity index (χ1v) is 6.46. The highest BCUT2D eigenvalue weighted by Crippen LogP contribution is 2.21. The molecular weight excluding hydrogens is 286 g/mol. The number of aryl methyl sites for hydroxylation is 1. The van der Waals surface area contributed by atoms with Crippen molar-refractivity contribution in [2.75, 3.05) is 0 Å². The third-order valence-electron chi connectivity index (χ3n) is 2.75. The predicted octanol–water partition coefficient (Wildman–Crippen LogP) is 4.87. The number of benzene rings is 2. The molecule has 0 amide bonds. The fourth-order valence-electron chi connectivity index (χ4n) is 1.86. The number of hydrogen-bond acceptors (Lipinski definition) is 1. The molecule has 98 valence electrons. The molecule has 2 rings (SSSR count). The number of halogens is 3. The van der Waals surface area contributed by atoms with Gasteiger partial charge < -0.3 is 0 Å². The van der Waals surface area contributed by atoms with Gasteiger partial charge in [-0.3, -0.25) is 4.79 Å². The van der Waals surface area contributed by atoms with E-state index in [-0.39, 0.29) is 22.8 Å². The van der Waals surface area contributed by atoms with Crippen molar-refractivity contribution in [1.29, 1.82) is 0 Å². The van der Waals surface area contributed by atoms with Crippen molar-refractivity contribution >= 4 is 29.0 Å². The molecule has 0 aliphatic carbocycles. The summed E-state index contributed by atoms with van der Waals surface area (Å²) in [5.41, 5.74) is 1.65. The van der Waals surface area contributed by atoms with Crippen molar-refractivity contribution in [3.63, 3.8) is 0 Å². The van der Waals surface area contributed by atoms with Crippen LogP contribution in [0.5, 0.6) is 0 Å². The smallest absolute Gasteiger partial charge is 0.167 e. The SMILES string of the molecule is Cc1cc(Cl)cc(C(=O)Cc2cccc(Cl)c2F)c1. The molecule has 0 unspecified atom stereocenters. The maximum absolute atomic E-state index is 13.7. The normalized spacial score (nSPS) is 10.5. The molecule has 0 heterocycles. The monoisotopic (exact) mass is 296 g/mol. The van der Waals surface area contributed by atoms with Crippen LogP contribution < -0.4 is 0 Å². The molecule has 0 saturated carbocycles. The lowest BCUT2D eigenvalue weighted by Crippen LogP contribution is -2.05. The maximum Gasteiger partial charge on any atom is 0.167 e. The highest BCUT2D eigenvalue weighted by atomic mass is 35.5. The molecule has 4 heteroatoms. The lowest BCUT2D eigenvalue weighted by Gasteiger charge is -2.06. The van der Waals surface area contributed by atoms with Crippen molar-refractivity contribution in [3.05, 3.63) is 69.0 Å². The van der Waals surface area contributed by atoms with Crippen LogP contribution in [0.1, 0.15) is 21.5 Å². The van der Waals surface area contributed by atoms with Crippen LogP contribution >= 0.6 is 23.2 Å². The van der Waals surface area contributed by atoms with Gasteiger partial charge in [-0.1, -0.05) is 35.3 Å². The van der Waals surface area contributed by atoms with E-state index in [0.29, 0.717) is 10.6 Å². The largest absolute Gasteiger partial charge is 0.294 e. The molecule has 1 nitrogen and oxygen atoms in total. The summed E-state index contributed by atoms with van der Waals surface area (Å²) in [7, 11) is 0. The van der Waals surface area contributed by atoms with Gasteiger partial charge in [-0.05, 0) is 42.3 Å². The molecule has 0 aliphatic rings. The summed E-state index contributed by atoms with van der Waals surface area (Å²) >= 11 is 11.6. The van der Waals surface area contributed by atoms with E-state index >= 15 is 0 Å². The van der Waals surface area contributed by atoms with Crippen molar-refractivity contribution in [3.8, 4) is 0 Å². The van der Waals surface area contributed by atoms with Crippen molar-refractivity contribution in [1.82, 2.24) is 0 Å². The fraction of sp³-hybridized carbons (Fsp3) is 0.133. The summed E-state index contributed by atoms with van der Waals surface area (Å²) in [5, 5.41) is 0.516. The predicted molar refractivity (Wildman–Crippen MR) is 75.6 cm³/mol. The maximum atomic E-state index is 13.7. The molecule has 19 heavy (non-hydrogen) atoms. The first-order chi connectivity index (χ1) is 8.97. The molecule has 0 spiro atoms. The van der Waals surface area contributed by atoms with Crippen LogP contribution in [0.25, 0.3) is 0 Å². The molecule has 0 atom stereocenters. The van der Waals surface area contributed by atoms with Gasteiger partial charge in [0.25, 0.3) is 0 Å². The summed E-state index contributed by atoms with van der Waals surface area (Å²) < 4.78 is 13.7. The molecule has 2 aromatic rings. The molecule has 0 aliphatic heterocycles. The third kappa shape index (κ3) is 3.34. The number of carbonyl (C=O) groups excluding carboxylic acids is 1. The minimum atomic E-state index is -0.545. The molecule has 0 radical (unpaired) electrons. The second-order valence-corrected chi connectivity index (χ2v) is 5.17. The molecule has 0 bridgehead atoms. The number of rotatable bonds is 3. The molecule has 2 aromatic carbocycles. The van der Waals surface area contributed by atoms with Gasteiger partial charge in [-0.15, -0.1) is 0 Å². The van der Waals surface area contributed by atoms with Crippen LogP contribution in [0.3, 0.4) is 0 Å². The van der Waals surface area contributed by atoms with Gasteiger partial charge >= 0.3 is 0 Å². The Bertz CT molecular complexity index is 618. The van der Waals surface area contributed by atoms with Gasteiger partial charge in [0.05, 0.1) is 5.02 Å². The average Bonchev–Trinajstić information content (AvgIpc) is 2.33. The fourth-order valence-corrected chi connectivity index (χ4v) is 2.34. The van der Waals surface area contributed by atoms with Crippen LogP contribution in [0.2, 0.25) is 10.0 Å². The van der Waals surface area contributed by atoms with Gasteiger partial charge in [-0.2, -0.15) is 0 Å². The molecule has 0 saturated heterocycles. The van der Waals surface area contributed by atoms with Gasteiger partial charge in [0.1, 0.15) is 5.82 Å². The van der Waals surface area contributed by atoms with Crippen molar-refractivity contribution in [2.24, 2.45) is 0 Å². The Morgan fingerprint density at radius 3 is 2.63 bits per heavy atom. The van der Waals surface area contributed by atoms with Crippen LogP contribution in [0.4, 0.5) is 4.39 Å². The zero-order valence-corrected chi connectivity index (χ0v) is 11.7. The van der Waals surface area contributed by atoms with E-state index in [0.717, 1.165) is 5.56 Å². The Hall–Kier alpha value is -1.38. The summed E-state index contributed by atoms with van der Waals surface area (Å²) in [5.74, 6) is -0.733. The Kier molecular flexibility index (Phi) is 4.23. The summed E-state index contributed by atoms with van der Waals surface area (Å²) in [6.45, 7) is 1.85. The second kappa shape index (κ2) is 5.72. The Morgan fingerprint density at radius 1 is 1.21 bits per heavy atom. The Labute approximate surface area is 121 Å². The van der Waals surface area contributed by atoms with Crippen molar-refractivity contribution < 1.29 is 9.18 Å². The van der Waals surface area contributed by atoms with E-state index in [1.807, 2.05) is 6.92 Å². The van der Waals surface area contributed by atoms with E-state index in [1.54, 1.807) is 30.3 Å². The number of Topliss-reactive ketones (excluding diaryl/α,β-unsaturated/α-hetero) is 1. The van der Waals surface area contributed by atoms with E-state index in [9.17, 15) is 9.18 Å². The first-order valence-electron chi connectivity index (χ1n) is 5.70. The van der Waals surface area contributed by atoms with E-state index in [2.05, 4.69) is 0 Å². The van der Waals surface area contributed by atoms with Crippen molar-refractivity contribution in [2.45, 2.75) is 13.3 Å². The van der Waals surface area contributed by atoms with Crippen LogP contribution in [-0.4, -0.2) is 5.78 Å². The standard InChI is InChI=1S/C15H11Cl2FO/c1-9-5-11(7-12(16)6-9)14(19)8-10-3-2-4-13(17)15(10)18/h2-7H,8H2,1H3. The van der Waals surface area contributed by atoms with E-state index < -0.39 is 5.82 Å². The Balaban J connectivity index is 2.28. The molecular formula is C15H11Cl2FO. The zero-order chi connectivity index (χ0) is 14.0. The first kappa shape index (κ1) is 14.0. The van der Waals surface area contributed by atoms with Gasteiger partial charge in [0.15, 0.2) is 5.78 Å². The number of hydrogen-bond donors (Lipinski definition) is 0. The van der Waals surface area contributed by atoms with Crippen LogP contribution in [0.15, 0.2) is 36.4 Å². The Morgan fingerprint density at radius 2 is 1.95 bits per heavy atom. The quantitative estimate of drug-likeness (QED) is 0.739. The van der Waals surface area contributed by atoms with Crippen LogP contribution in [-0.2, 0) is 6.42 Å². The highest BCUT2D eigenvalue weighted by Gasteiger charge is 2.13. The van der Waals surface area contributed by atoms with E-state index in [1.165, 1.54) is 6.07 Å². The molecule has 0 aromatic heterocycles. The lowest BCUT2D eigenvalue weighted by atomic mass is 10.0. The molecule has 0 N–H and O–H groups in total. The number of carbonyl (C=O) groups is 1. The second-order valence-electron chi connectivity index (χ2n) is 4.33.